The third-order valence-electron chi connectivity index (χ3n) is 6.66. The number of nitrogens with two attached hydrogens (primary N) is 1. The van der Waals surface area contributed by atoms with E-state index >= 15 is 0 Å². The number of aromatic nitrogens is 2. The number of carbonyl (C=O) groups excluding carboxylic acids is 1. The molecule has 39 heavy (non-hydrogen) atoms. The molecule has 2 aromatic carbocycles. The first-order chi connectivity index (χ1) is 18.7. The Labute approximate surface area is 232 Å². The van der Waals surface area contributed by atoms with Gasteiger partial charge in [0.2, 0.25) is 5.58 Å². The van der Waals surface area contributed by atoms with Gasteiger partial charge < -0.3 is 19.5 Å². The summed E-state index contributed by atoms with van der Waals surface area (Å²) in [5.41, 5.74) is 7.64. The van der Waals surface area contributed by atoms with E-state index in [1.54, 1.807) is 23.1 Å². The first kappa shape index (κ1) is 26.8. The second kappa shape index (κ2) is 10.8. The molecule has 5 aromatic rings. The number of fused-ring (bicyclic) bond motifs is 3. The van der Waals surface area contributed by atoms with E-state index in [9.17, 15) is 14.0 Å². The van der Waals surface area contributed by atoms with Gasteiger partial charge >= 0.3 is 0 Å². The van der Waals surface area contributed by atoms with E-state index in [2.05, 4.69) is 15.9 Å². The molecule has 0 unspecified atom stereocenters. The molecule has 1 atom stereocenters. The molecule has 0 saturated carbocycles. The van der Waals surface area contributed by atoms with Crippen LogP contribution in [0.3, 0.4) is 0 Å². The average molecular weight is 595 g/mol. The van der Waals surface area contributed by atoms with Crippen molar-refractivity contribution in [1.29, 1.82) is 0 Å². The van der Waals surface area contributed by atoms with E-state index in [-0.39, 0.29) is 42.6 Å². The van der Waals surface area contributed by atoms with Gasteiger partial charge in [-0.2, -0.15) is 0 Å². The number of carbonyl (C=O) groups is 1. The fourth-order valence-electron chi connectivity index (χ4n) is 4.85. The lowest BCUT2D eigenvalue weighted by Crippen LogP contribution is -2.43. The Balaban J connectivity index is 1.76. The monoisotopic (exact) mass is 594 g/mol. The smallest absolute Gasteiger partial charge is 0.297 e. The zero-order valence-electron chi connectivity index (χ0n) is 21.8. The van der Waals surface area contributed by atoms with Gasteiger partial charge in [0, 0.05) is 24.0 Å². The molecule has 3 aromatic heterocycles. The van der Waals surface area contributed by atoms with Crippen LogP contribution >= 0.6 is 15.9 Å². The molecule has 5 rings (SSSR count). The summed E-state index contributed by atoms with van der Waals surface area (Å²) in [5, 5.41) is 0.383. The molecule has 2 N–H and O–H groups in total. The minimum atomic E-state index is -0.642. The number of benzene rings is 2. The molecule has 10 heteroatoms. The first-order valence-electron chi connectivity index (χ1n) is 12.6. The van der Waals surface area contributed by atoms with Crippen LogP contribution < -0.4 is 11.3 Å². The number of halogens is 2. The third kappa shape index (κ3) is 5.14. The Bertz CT molecular complexity index is 1720. The number of hydrogen-bond acceptors (Lipinski definition) is 6. The summed E-state index contributed by atoms with van der Waals surface area (Å²) >= 11 is 3.38. The summed E-state index contributed by atoms with van der Waals surface area (Å²) in [7, 11) is 0. The lowest BCUT2D eigenvalue weighted by atomic mass is 9.99. The van der Waals surface area contributed by atoms with E-state index in [4.69, 9.17) is 19.6 Å². The van der Waals surface area contributed by atoms with Gasteiger partial charge in [-0.25, -0.2) is 9.37 Å². The van der Waals surface area contributed by atoms with Gasteiger partial charge in [-0.3, -0.25) is 14.2 Å². The number of hydrogen-bond donors (Lipinski definition) is 1. The van der Waals surface area contributed by atoms with Crippen molar-refractivity contribution in [3.63, 3.8) is 0 Å². The van der Waals surface area contributed by atoms with Crippen LogP contribution in [0.25, 0.3) is 22.1 Å². The number of aryl methyl sites for hydroxylation is 1. The zero-order valence-corrected chi connectivity index (χ0v) is 23.4. The Morgan fingerprint density at radius 2 is 1.92 bits per heavy atom. The van der Waals surface area contributed by atoms with Crippen molar-refractivity contribution in [3.8, 4) is 0 Å². The Morgan fingerprint density at radius 1 is 1.18 bits per heavy atom. The van der Waals surface area contributed by atoms with Gasteiger partial charge in [-0.05, 0) is 65.2 Å². The fourth-order valence-corrected chi connectivity index (χ4v) is 5.20. The Hall–Kier alpha value is -3.76. The lowest BCUT2D eigenvalue weighted by Gasteiger charge is -2.35. The maximum absolute atomic E-state index is 14.2. The molecule has 0 aliphatic carbocycles. The second-order valence-corrected chi connectivity index (χ2v) is 10.8. The largest absolute Gasteiger partial charge is 0.466 e. The number of rotatable bonds is 8. The fraction of sp³-hybridized carbons (Fsp3) is 0.276. The number of amides is 1. The average Bonchev–Trinajstić information content (AvgIpc) is 3.48. The highest BCUT2D eigenvalue weighted by Gasteiger charge is 2.33. The highest BCUT2D eigenvalue weighted by atomic mass is 79.9. The van der Waals surface area contributed by atoms with E-state index in [0.29, 0.717) is 28.1 Å². The molecule has 0 aliphatic rings. The van der Waals surface area contributed by atoms with Crippen molar-refractivity contribution >= 4 is 43.9 Å². The first-order valence-corrected chi connectivity index (χ1v) is 13.4. The van der Waals surface area contributed by atoms with Crippen LogP contribution in [-0.4, -0.2) is 33.4 Å². The summed E-state index contributed by atoms with van der Waals surface area (Å²) in [4.78, 5) is 34.4. The molecule has 0 spiro atoms. The third-order valence-corrected chi connectivity index (χ3v) is 7.08. The van der Waals surface area contributed by atoms with Crippen molar-refractivity contribution in [3.05, 3.63) is 98.1 Å². The van der Waals surface area contributed by atoms with Crippen LogP contribution in [0.1, 0.15) is 47.4 Å². The lowest BCUT2D eigenvalue weighted by molar-refractivity contribution is 0.0612. The normalized spacial score (nSPS) is 12.5. The molecule has 0 saturated heterocycles. The molecule has 0 bridgehead atoms. The molecule has 202 valence electrons. The number of nitrogens with zero attached hydrogens (tertiary/aromatic N) is 3. The summed E-state index contributed by atoms with van der Waals surface area (Å²) in [6.07, 6.45) is 1.53. The predicted octanol–water partition coefficient (Wildman–Crippen LogP) is 5.79. The highest BCUT2D eigenvalue weighted by Crippen LogP contribution is 2.33. The standard InChI is InChI=1S/C29H28BrFN4O4/c1-16(2)25(34(11-10-32)28(36)18-6-4-17(3)5-7-18)27-33-24-22-13-20(31)8-9-23(22)39-26(24)29(37)35(27)14-21-12-19(30)15-38-21/h4-9,12-13,15-16,25H,10-11,14,32H2,1-3H3/t25-/m1/s1. The van der Waals surface area contributed by atoms with Crippen molar-refractivity contribution in [2.75, 3.05) is 13.1 Å². The minimum Gasteiger partial charge on any atom is -0.466 e. The summed E-state index contributed by atoms with van der Waals surface area (Å²) in [5.74, 6) is -0.0382. The van der Waals surface area contributed by atoms with Gasteiger partial charge in [0.1, 0.15) is 34.8 Å². The molecule has 3 heterocycles. The molecule has 0 aliphatic heterocycles. The van der Waals surface area contributed by atoms with Crippen molar-refractivity contribution < 1.29 is 18.0 Å². The summed E-state index contributed by atoms with van der Waals surface area (Å²) in [6, 6.07) is 12.4. The predicted molar refractivity (Wildman–Crippen MR) is 150 cm³/mol. The van der Waals surface area contributed by atoms with Crippen molar-refractivity contribution in [1.82, 2.24) is 14.5 Å². The van der Waals surface area contributed by atoms with Crippen LogP contribution in [0, 0.1) is 18.7 Å². The second-order valence-electron chi connectivity index (χ2n) is 9.85. The molecule has 0 radical (unpaired) electrons. The summed E-state index contributed by atoms with van der Waals surface area (Å²) < 4.78 is 27.9. The van der Waals surface area contributed by atoms with E-state index < -0.39 is 17.4 Å². The van der Waals surface area contributed by atoms with Crippen molar-refractivity contribution in [2.45, 2.75) is 33.4 Å². The maximum Gasteiger partial charge on any atom is 0.297 e. The van der Waals surface area contributed by atoms with E-state index in [0.717, 1.165) is 10.0 Å². The molecule has 8 nitrogen and oxygen atoms in total. The van der Waals surface area contributed by atoms with Crippen LogP contribution in [0.4, 0.5) is 4.39 Å². The van der Waals surface area contributed by atoms with Crippen LogP contribution in [-0.2, 0) is 6.54 Å². The van der Waals surface area contributed by atoms with Gasteiger partial charge in [0.25, 0.3) is 11.5 Å². The van der Waals surface area contributed by atoms with Gasteiger partial charge in [-0.1, -0.05) is 31.5 Å². The Morgan fingerprint density at radius 3 is 2.56 bits per heavy atom. The quantitative estimate of drug-likeness (QED) is 0.243. The van der Waals surface area contributed by atoms with Crippen LogP contribution in [0.5, 0.6) is 0 Å². The Kier molecular flexibility index (Phi) is 7.42. The topological polar surface area (TPSA) is 108 Å². The highest BCUT2D eigenvalue weighted by molar-refractivity contribution is 9.10. The number of furan rings is 2. The van der Waals surface area contributed by atoms with Crippen LogP contribution in [0.2, 0.25) is 0 Å². The van der Waals surface area contributed by atoms with Crippen molar-refractivity contribution in [2.24, 2.45) is 11.7 Å². The molecular weight excluding hydrogens is 567 g/mol. The molecule has 1 amide bonds. The minimum absolute atomic E-state index is 0.00251. The maximum atomic E-state index is 14.2. The van der Waals surface area contributed by atoms with Crippen LogP contribution in [0.15, 0.2) is 72.9 Å². The summed E-state index contributed by atoms with van der Waals surface area (Å²) in [6.45, 7) is 6.34. The van der Waals surface area contributed by atoms with Gasteiger partial charge in [0.15, 0.2) is 0 Å². The molecular formula is C29H28BrFN4O4. The molecule has 0 fully saturated rings. The van der Waals surface area contributed by atoms with E-state index in [1.165, 1.54) is 29.0 Å². The van der Waals surface area contributed by atoms with Gasteiger partial charge in [0.05, 0.1) is 17.1 Å². The zero-order chi connectivity index (χ0) is 27.8. The van der Waals surface area contributed by atoms with E-state index in [1.807, 2.05) is 32.9 Å². The van der Waals surface area contributed by atoms with Gasteiger partial charge in [-0.15, -0.1) is 0 Å². The SMILES string of the molecule is Cc1ccc(C(=O)N(CCN)[C@@H](c2nc3c(oc4ccc(F)cc43)c(=O)n2Cc2cc(Br)co2)C(C)C)cc1.